The number of hydrogen-bond donors (Lipinski definition) is 0. The number of carbonyl (C=O) groups excluding carboxylic acids is 1. The van der Waals surface area contributed by atoms with E-state index in [1.807, 2.05) is 12.1 Å². The smallest absolute Gasteiger partial charge is 0.314 e. The largest absolute Gasteiger partial charge is 0.491 e. The molecule has 0 unspecified atom stereocenters. The lowest BCUT2D eigenvalue weighted by Gasteiger charge is -2.29. The van der Waals surface area contributed by atoms with Crippen LogP contribution in [0.2, 0.25) is 0 Å². The third-order valence-corrected chi connectivity index (χ3v) is 8.92. The zero-order valence-electron chi connectivity index (χ0n) is 23.5. The lowest BCUT2D eigenvalue weighted by atomic mass is 9.76. The van der Waals surface area contributed by atoms with Crippen LogP contribution in [-0.2, 0) is 4.79 Å². The van der Waals surface area contributed by atoms with Crippen LogP contribution < -0.4 is 9.47 Å². The predicted octanol–water partition coefficient (Wildman–Crippen LogP) is 9.27. The molecule has 2 saturated carbocycles. The SMILES string of the molecule is CCOc1ccc(C2CCC(c3ccc(OC(=O)C4CCC(c5ccc(C)c(F)c5F)CC4)cc3)CC2)c(F)c1F. The van der Waals surface area contributed by atoms with Gasteiger partial charge in [0.2, 0.25) is 5.82 Å². The zero-order valence-corrected chi connectivity index (χ0v) is 23.5. The van der Waals surface area contributed by atoms with Crippen molar-refractivity contribution in [1.82, 2.24) is 0 Å². The van der Waals surface area contributed by atoms with Crippen molar-refractivity contribution in [1.29, 1.82) is 0 Å². The highest BCUT2D eigenvalue weighted by Gasteiger charge is 2.31. The minimum atomic E-state index is -0.916. The van der Waals surface area contributed by atoms with Crippen molar-refractivity contribution in [3.63, 3.8) is 0 Å². The van der Waals surface area contributed by atoms with Crippen LogP contribution in [0, 0.1) is 36.1 Å². The Balaban J connectivity index is 1.12. The molecule has 0 aliphatic heterocycles. The maximum absolute atomic E-state index is 14.7. The topological polar surface area (TPSA) is 35.5 Å². The van der Waals surface area contributed by atoms with Gasteiger partial charge in [-0.3, -0.25) is 4.79 Å². The predicted molar refractivity (Wildman–Crippen MR) is 149 cm³/mol. The van der Waals surface area contributed by atoms with Crippen LogP contribution in [0.3, 0.4) is 0 Å². The molecule has 0 bridgehead atoms. The molecule has 0 amide bonds. The molecule has 0 saturated heterocycles. The molecule has 0 atom stereocenters. The second kappa shape index (κ2) is 12.7. The molecule has 2 aliphatic carbocycles. The molecule has 218 valence electrons. The van der Waals surface area contributed by atoms with E-state index >= 15 is 0 Å². The fourth-order valence-corrected chi connectivity index (χ4v) is 6.49. The minimum Gasteiger partial charge on any atom is -0.491 e. The summed E-state index contributed by atoms with van der Waals surface area (Å²) in [7, 11) is 0. The average Bonchev–Trinajstić information content (AvgIpc) is 2.99. The Hall–Kier alpha value is -3.35. The molecule has 0 N–H and O–H groups in total. The van der Waals surface area contributed by atoms with Crippen LogP contribution >= 0.6 is 0 Å². The van der Waals surface area contributed by atoms with Crippen molar-refractivity contribution < 1.29 is 31.8 Å². The van der Waals surface area contributed by atoms with Crippen molar-refractivity contribution in [3.05, 3.63) is 94.1 Å². The van der Waals surface area contributed by atoms with Crippen LogP contribution in [0.5, 0.6) is 11.5 Å². The number of ether oxygens (including phenoxy) is 2. The molecule has 3 aromatic carbocycles. The first kappa shape index (κ1) is 29.2. The van der Waals surface area contributed by atoms with E-state index in [1.165, 1.54) is 6.07 Å². The Morgan fingerprint density at radius 2 is 1.22 bits per heavy atom. The highest BCUT2D eigenvalue weighted by molar-refractivity contribution is 5.75. The summed E-state index contributed by atoms with van der Waals surface area (Å²) in [4.78, 5) is 12.8. The van der Waals surface area contributed by atoms with Gasteiger partial charge in [-0.05, 0) is 123 Å². The lowest BCUT2D eigenvalue weighted by molar-refractivity contribution is -0.140. The molecule has 3 aromatic rings. The molecule has 0 aromatic heterocycles. The quantitative estimate of drug-likeness (QED) is 0.162. The van der Waals surface area contributed by atoms with E-state index < -0.39 is 23.3 Å². The Morgan fingerprint density at radius 3 is 1.83 bits per heavy atom. The Morgan fingerprint density at radius 1 is 0.683 bits per heavy atom. The first-order chi connectivity index (χ1) is 19.8. The molecule has 2 fully saturated rings. The summed E-state index contributed by atoms with van der Waals surface area (Å²) in [5, 5.41) is 0. The third kappa shape index (κ3) is 6.29. The third-order valence-electron chi connectivity index (χ3n) is 8.92. The van der Waals surface area contributed by atoms with Crippen LogP contribution in [0.25, 0.3) is 0 Å². The maximum Gasteiger partial charge on any atom is 0.314 e. The van der Waals surface area contributed by atoms with Gasteiger partial charge >= 0.3 is 5.97 Å². The van der Waals surface area contributed by atoms with Gasteiger partial charge < -0.3 is 9.47 Å². The monoisotopic (exact) mass is 568 g/mol. The molecule has 41 heavy (non-hydrogen) atoms. The second-order valence-electron chi connectivity index (χ2n) is 11.4. The molecule has 2 aliphatic rings. The van der Waals surface area contributed by atoms with Crippen LogP contribution in [0.4, 0.5) is 17.6 Å². The zero-order chi connectivity index (χ0) is 29.1. The van der Waals surface area contributed by atoms with Gasteiger partial charge in [-0.1, -0.05) is 30.3 Å². The van der Waals surface area contributed by atoms with Gasteiger partial charge in [-0.2, -0.15) is 4.39 Å². The molecule has 0 heterocycles. The van der Waals surface area contributed by atoms with Gasteiger partial charge in [0.1, 0.15) is 5.75 Å². The van der Waals surface area contributed by atoms with E-state index in [-0.39, 0.29) is 36.1 Å². The van der Waals surface area contributed by atoms with Gasteiger partial charge in [0.05, 0.1) is 12.5 Å². The van der Waals surface area contributed by atoms with Gasteiger partial charge in [-0.15, -0.1) is 0 Å². The Bertz CT molecular complexity index is 1370. The highest BCUT2D eigenvalue weighted by Crippen LogP contribution is 2.43. The summed E-state index contributed by atoms with van der Waals surface area (Å²) in [6.07, 6.45) is 5.57. The molecule has 7 heteroatoms. The summed E-state index contributed by atoms with van der Waals surface area (Å²) >= 11 is 0. The Labute approximate surface area is 238 Å². The van der Waals surface area contributed by atoms with Crippen LogP contribution in [-0.4, -0.2) is 12.6 Å². The molecule has 0 radical (unpaired) electrons. The van der Waals surface area contributed by atoms with E-state index in [0.717, 1.165) is 31.2 Å². The summed E-state index contributed by atoms with van der Waals surface area (Å²) in [5.74, 6) is -3.27. The molecule has 5 rings (SSSR count). The van der Waals surface area contributed by atoms with Crippen molar-refractivity contribution in [3.8, 4) is 11.5 Å². The number of rotatable bonds is 7. The number of carbonyl (C=O) groups is 1. The van der Waals surface area contributed by atoms with Crippen molar-refractivity contribution in [2.45, 2.75) is 83.0 Å². The van der Waals surface area contributed by atoms with Crippen LogP contribution in [0.15, 0.2) is 48.5 Å². The van der Waals surface area contributed by atoms with E-state index in [2.05, 4.69) is 0 Å². The number of benzene rings is 3. The van der Waals surface area contributed by atoms with E-state index in [0.29, 0.717) is 54.0 Å². The summed E-state index contributed by atoms with van der Waals surface area (Å²) in [6, 6.07) is 14.0. The van der Waals surface area contributed by atoms with Crippen molar-refractivity contribution >= 4 is 5.97 Å². The standard InChI is InChI=1S/C34H36F4O3/c1-3-40-29-19-18-28(32(37)33(29)38)23-7-5-21(6-8-23)22-13-15-26(16-14-22)41-34(39)25-11-9-24(10-12-25)27-17-4-20(2)30(35)31(27)36/h4,13-19,21,23-25H,3,5-12H2,1-2H3. The maximum atomic E-state index is 14.7. The highest BCUT2D eigenvalue weighted by atomic mass is 19.2. The fraction of sp³-hybridized carbons (Fsp3) is 0.441. The molecular formula is C34H36F4O3. The lowest BCUT2D eigenvalue weighted by Crippen LogP contribution is -2.25. The van der Waals surface area contributed by atoms with Gasteiger partial charge in [0.25, 0.3) is 0 Å². The van der Waals surface area contributed by atoms with E-state index in [1.54, 1.807) is 44.2 Å². The number of halogens is 4. The van der Waals surface area contributed by atoms with Gasteiger partial charge in [-0.25, -0.2) is 13.2 Å². The van der Waals surface area contributed by atoms with E-state index in [9.17, 15) is 22.4 Å². The van der Waals surface area contributed by atoms with Gasteiger partial charge in [0.15, 0.2) is 23.2 Å². The summed E-state index contributed by atoms with van der Waals surface area (Å²) in [6.45, 7) is 3.55. The molecule has 3 nitrogen and oxygen atoms in total. The second-order valence-corrected chi connectivity index (χ2v) is 11.4. The van der Waals surface area contributed by atoms with Crippen molar-refractivity contribution in [2.75, 3.05) is 6.61 Å². The summed E-state index contributed by atoms with van der Waals surface area (Å²) < 4.78 is 68.3. The fourth-order valence-electron chi connectivity index (χ4n) is 6.49. The number of aryl methyl sites for hydroxylation is 1. The van der Waals surface area contributed by atoms with Gasteiger partial charge in [0, 0.05) is 0 Å². The van der Waals surface area contributed by atoms with Crippen molar-refractivity contribution in [2.24, 2.45) is 5.92 Å². The minimum absolute atomic E-state index is 0.0340. The number of hydrogen-bond acceptors (Lipinski definition) is 3. The average molecular weight is 569 g/mol. The Kier molecular flexibility index (Phi) is 9.00. The first-order valence-corrected chi connectivity index (χ1v) is 14.6. The molecule has 0 spiro atoms. The number of esters is 1. The first-order valence-electron chi connectivity index (χ1n) is 14.6. The summed E-state index contributed by atoms with van der Waals surface area (Å²) in [5.41, 5.74) is 2.23. The normalized spacial score (nSPS) is 22.8. The molecular weight excluding hydrogens is 532 g/mol. The van der Waals surface area contributed by atoms with Crippen LogP contribution in [0.1, 0.15) is 98.3 Å². The van der Waals surface area contributed by atoms with E-state index in [4.69, 9.17) is 9.47 Å².